The highest BCUT2D eigenvalue weighted by atomic mass is 35.5. The molecule has 7 heteroatoms. The zero-order chi connectivity index (χ0) is 16.3. The highest BCUT2D eigenvalue weighted by Gasteiger charge is 2.24. The first-order chi connectivity index (χ1) is 10.3. The van der Waals surface area contributed by atoms with Crippen molar-refractivity contribution in [2.24, 2.45) is 5.92 Å². The summed E-state index contributed by atoms with van der Waals surface area (Å²) in [5, 5.41) is 3.10. The number of halogens is 1. The first-order valence-electron chi connectivity index (χ1n) is 7.39. The molecule has 1 aromatic rings. The third kappa shape index (κ3) is 3.80. The fraction of sp³-hybridized carbons (Fsp3) is 0.533. The molecule has 2 atom stereocenters. The summed E-state index contributed by atoms with van der Waals surface area (Å²) in [6, 6.07) is 4.43. The van der Waals surface area contributed by atoms with E-state index in [1.165, 1.54) is 25.6 Å². The lowest BCUT2D eigenvalue weighted by Crippen LogP contribution is -2.41. The third-order valence-corrected chi connectivity index (χ3v) is 6.08. The molecule has 1 fully saturated rings. The number of rotatable bonds is 4. The predicted octanol–water partition coefficient (Wildman–Crippen LogP) is 2.56. The standard InChI is InChI=1S/C15H21ClN2O3S/c1-10-5-3-4-6-13(10)18-15(19)11-7-8-12(16)14(9-11)22(20,21)17-2/h7-10,13,17H,3-6H2,1-2H3,(H,18,19)/t10-,13-/m1/s1. The van der Waals surface area contributed by atoms with E-state index in [1.807, 2.05) is 0 Å². The van der Waals surface area contributed by atoms with Crippen molar-refractivity contribution in [3.63, 3.8) is 0 Å². The molecular formula is C15H21ClN2O3S. The number of hydrogen-bond acceptors (Lipinski definition) is 3. The van der Waals surface area contributed by atoms with Crippen LogP contribution in [-0.4, -0.2) is 27.4 Å². The van der Waals surface area contributed by atoms with E-state index < -0.39 is 10.0 Å². The summed E-state index contributed by atoms with van der Waals surface area (Å²) >= 11 is 5.93. The van der Waals surface area contributed by atoms with Gasteiger partial charge < -0.3 is 5.32 Å². The molecule has 2 N–H and O–H groups in total. The van der Waals surface area contributed by atoms with Gasteiger partial charge in [0.2, 0.25) is 10.0 Å². The van der Waals surface area contributed by atoms with Crippen LogP contribution in [0.1, 0.15) is 43.0 Å². The van der Waals surface area contributed by atoms with Gasteiger partial charge in [0.25, 0.3) is 5.91 Å². The summed E-state index contributed by atoms with van der Waals surface area (Å²) in [7, 11) is -2.38. The van der Waals surface area contributed by atoms with Gasteiger partial charge in [0.15, 0.2) is 0 Å². The van der Waals surface area contributed by atoms with Crippen molar-refractivity contribution in [3.8, 4) is 0 Å². The maximum atomic E-state index is 12.4. The van der Waals surface area contributed by atoms with Crippen molar-refractivity contribution >= 4 is 27.5 Å². The van der Waals surface area contributed by atoms with E-state index in [4.69, 9.17) is 11.6 Å². The molecule has 2 rings (SSSR count). The van der Waals surface area contributed by atoms with Gasteiger partial charge in [-0.2, -0.15) is 0 Å². The zero-order valence-electron chi connectivity index (χ0n) is 12.7. The molecule has 1 aromatic carbocycles. The van der Waals surface area contributed by atoms with Crippen LogP contribution in [0.2, 0.25) is 5.02 Å². The Hall–Kier alpha value is -1.11. The summed E-state index contributed by atoms with van der Waals surface area (Å²) < 4.78 is 26.0. The molecule has 0 bridgehead atoms. The first-order valence-corrected chi connectivity index (χ1v) is 9.25. The number of hydrogen-bond donors (Lipinski definition) is 2. The molecule has 122 valence electrons. The number of amides is 1. The summed E-state index contributed by atoms with van der Waals surface area (Å²) in [6.07, 6.45) is 4.36. The van der Waals surface area contributed by atoms with Crippen molar-refractivity contribution in [2.45, 2.75) is 43.5 Å². The van der Waals surface area contributed by atoms with Crippen LogP contribution in [0.4, 0.5) is 0 Å². The highest BCUT2D eigenvalue weighted by molar-refractivity contribution is 7.89. The molecule has 1 aliphatic rings. The molecule has 0 aliphatic heterocycles. The number of sulfonamides is 1. The average Bonchev–Trinajstić information content (AvgIpc) is 2.49. The van der Waals surface area contributed by atoms with Crippen LogP contribution in [0, 0.1) is 5.92 Å². The largest absolute Gasteiger partial charge is 0.349 e. The van der Waals surface area contributed by atoms with Crippen molar-refractivity contribution < 1.29 is 13.2 Å². The van der Waals surface area contributed by atoms with Gasteiger partial charge in [0.05, 0.1) is 5.02 Å². The fourth-order valence-corrected chi connectivity index (χ4v) is 3.99. The lowest BCUT2D eigenvalue weighted by Gasteiger charge is -2.29. The van der Waals surface area contributed by atoms with E-state index in [0.717, 1.165) is 19.3 Å². The Labute approximate surface area is 136 Å². The minimum absolute atomic E-state index is 0.0824. The maximum absolute atomic E-state index is 12.4. The van der Waals surface area contributed by atoms with Gasteiger partial charge in [0.1, 0.15) is 4.90 Å². The third-order valence-electron chi connectivity index (χ3n) is 4.18. The first kappa shape index (κ1) is 17.2. The quantitative estimate of drug-likeness (QED) is 0.881. The number of nitrogens with one attached hydrogen (secondary N) is 2. The number of carbonyl (C=O) groups excluding carboxylic acids is 1. The Morgan fingerprint density at radius 2 is 1.95 bits per heavy atom. The Kier molecular flexibility index (Phi) is 5.47. The van der Waals surface area contributed by atoms with Gasteiger partial charge in [-0.1, -0.05) is 31.4 Å². The molecule has 0 spiro atoms. The second-order valence-electron chi connectivity index (χ2n) is 5.69. The van der Waals surface area contributed by atoms with E-state index in [-0.39, 0.29) is 21.9 Å². The average molecular weight is 345 g/mol. The Bertz CT molecular complexity index is 661. The molecule has 0 unspecified atom stereocenters. The van der Waals surface area contributed by atoms with E-state index >= 15 is 0 Å². The van der Waals surface area contributed by atoms with E-state index in [2.05, 4.69) is 17.0 Å². The van der Waals surface area contributed by atoms with Gasteiger partial charge in [-0.3, -0.25) is 4.79 Å². The van der Waals surface area contributed by atoms with Gasteiger partial charge in [-0.05, 0) is 44.0 Å². The zero-order valence-corrected chi connectivity index (χ0v) is 14.3. The Balaban J connectivity index is 2.22. The van der Waals surface area contributed by atoms with Crippen molar-refractivity contribution in [2.75, 3.05) is 7.05 Å². The van der Waals surface area contributed by atoms with Crippen LogP contribution in [0.5, 0.6) is 0 Å². The molecule has 0 saturated heterocycles. The van der Waals surface area contributed by atoms with Crippen LogP contribution < -0.4 is 10.0 Å². The molecule has 0 aromatic heterocycles. The summed E-state index contributed by atoms with van der Waals surface area (Å²) in [6.45, 7) is 2.13. The summed E-state index contributed by atoms with van der Waals surface area (Å²) in [5.74, 6) is 0.175. The highest BCUT2D eigenvalue weighted by Crippen LogP contribution is 2.25. The minimum Gasteiger partial charge on any atom is -0.349 e. The van der Waals surface area contributed by atoms with Gasteiger partial charge >= 0.3 is 0 Å². The Morgan fingerprint density at radius 3 is 2.59 bits per heavy atom. The molecule has 0 radical (unpaired) electrons. The molecule has 1 aliphatic carbocycles. The minimum atomic E-state index is -3.69. The van der Waals surface area contributed by atoms with Gasteiger partial charge in [-0.15, -0.1) is 0 Å². The van der Waals surface area contributed by atoms with E-state index in [1.54, 1.807) is 6.07 Å². The van der Waals surface area contributed by atoms with Crippen LogP contribution in [0.3, 0.4) is 0 Å². The van der Waals surface area contributed by atoms with Crippen molar-refractivity contribution in [1.82, 2.24) is 10.0 Å². The van der Waals surface area contributed by atoms with Crippen LogP contribution in [-0.2, 0) is 10.0 Å². The van der Waals surface area contributed by atoms with Gasteiger partial charge in [-0.25, -0.2) is 13.1 Å². The van der Waals surface area contributed by atoms with E-state index in [9.17, 15) is 13.2 Å². The van der Waals surface area contributed by atoms with Gasteiger partial charge in [0, 0.05) is 11.6 Å². The van der Waals surface area contributed by atoms with E-state index in [0.29, 0.717) is 11.5 Å². The summed E-state index contributed by atoms with van der Waals surface area (Å²) in [5.41, 5.74) is 0.302. The monoisotopic (exact) mass is 344 g/mol. The molecule has 22 heavy (non-hydrogen) atoms. The molecule has 1 amide bonds. The number of benzene rings is 1. The van der Waals surface area contributed by atoms with Crippen molar-refractivity contribution in [3.05, 3.63) is 28.8 Å². The lowest BCUT2D eigenvalue weighted by atomic mass is 9.86. The van der Waals surface area contributed by atoms with Crippen LogP contribution in [0.15, 0.2) is 23.1 Å². The number of carbonyl (C=O) groups is 1. The smallest absolute Gasteiger partial charge is 0.251 e. The molecular weight excluding hydrogens is 324 g/mol. The van der Waals surface area contributed by atoms with Crippen LogP contribution in [0.25, 0.3) is 0 Å². The van der Waals surface area contributed by atoms with Crippen molar-refractivity contribution in [1.29, 1.82) is 0 Å². The Morgan fingerprint density at radius 1 is 1.27 bits per heavy atom. The predicted molar refractivity (Wildman–Crippen MR) is 86.6 cm³/mol. The second-order valence-corrected chi connectivity index (χ2v) is 7.96. The molecule has 1 saturated carbocycles. The topological polar surface area (TPSA) is 75.3 Å². The molecule has 5 nitrogen and oxygen atoms in total. The fourth-order valence-electron chi connectivity index (χ4n) is 2.74. The van der Waals surface area contributed by atoms with Crippen LogP contribution >= 0.6 is 11.6 Å². The summed E-state index contributed by atoms with van der Waals surface area (Å²) in [4.78, 5) is 12.3. The maximum Gasteiger partial charge on any atom is 0.251 e. The SMILES string of the molecule is CNS(=O)(=O)c1cc(C(=O)N[C@@H]2CCCC[C@H]2C)ccc1Cl. The second kappa shape index (κ2) is 6.98. The lowest BCUT2D eigenvalue weighted by molar-refractivity contribution is 0.0910. The molecule has 0 heterocycles. The normalized spacial score (nSPS) is 22.3.